The third-order valence-corrected chi connectivity index (χ3v) is 4.75. The van der Waals surface area contributed by atoms with Crippen molar-refractivity contribution in [1.82, 2.24) is 5.32 Å². The second-order valence-electron chi connectivity index (χ2n) is 6.73. The van der Waals surface area contributed by atoms with Crippen LogP contribution in [0, 0.1) is 5.92 Å². The zero-order valence-corrected chi connectivity index (χ0v) is 15.8. The van der Waals surface area contributed by atoms with E-state index in [4.69, 9.17) is 4.74 Å². The van der Waals surface area contributed by atoms with Gasteiger partial charge in [-0.25, -0.2) is 0 Å². The van der Waals surface area contributed by atoms with Gasteiger partial charge in [-0.05, 0) is 30.4 Å². The van der Waals surface area contributed by atoms with Crippen molar-refractivity contribution in [3.05, 3.63) is 29.8 Å². The van der Waals surface area contributed by atoms with Gasteiger partial charge in [-0.2, -0.15) is 0 Å². The largest absolute Gasteiger partial charge is 0.455 e. The summed E-state index contributed by atoms with van der Waals surface area (Å²) in [6.07, 6.45) is 1.91. The molecule has 0 aromatic heterocycles. The van der Waals surface area contributed by atoms with Crippen molar-refractivity contribution in [3.63, 3.8) is 0 Å². The fraction of sp³-hybridized carbons (Fsp3) is 0.550. The molecule has 2 atom stereocenters. The average molecular weight is 360 g/mol. The lowest BCUT2D eigenvalue weighted by Gasteiger charge is -2.23. The van der Waals surface area contributed by atoms with E-state index in [1.165, 1.54) is 0 Å². The Kier molecular flexibility index (Phi) is 7.18. The lowest BCUT2D eigenvalue weighted by Crippen LogP contribution is -2.31. The van der Waals surface area contributed by atoms with Crippen molar-refractivity contribution in [2.24, 2.45) is 5.92 Å². The van der Waals surface area contributed by atoms with E-state index in [-0.39, 0.29) is 24.8 Å². The number of para-hydroxylation sites is 1. The lowest BCUT2D eigenvalue weighted by molar-refractivity contribution is -0.152. The van der Waals surface area contributed by atoms with Gasteiger partial charge in [0.1, 0.15) is 0 Å². The summed E-state index contributed by atoms with van der Waals surface area (Å²) in [5.41, 5.74) is 1.97. The van der Waals surface area contributed by atoms with Crippen LogP contribution in [0.1, 0.15) is 51.5 Å². The fourth-order valence-corrected chi connectivity index (χ4v) is 3.04. The number of anilines is 1. The van der Waals surface area contributed by atoms with E-state index in [2.05, 4.69) is 19.2 Å². The van der Waals surface area contributed by atoms with Gasteiger partial charge in [0.15, 0.2) is 6.61 Å². The van der Waals surface area contributed by atoms with Gasteiger partial charge in [0.05, 0.1) is 5.92 Å². The Hall–Kier alpha value is -2.37. The van der Waals surface area contributed by atoms with Gasteiger partial charge < -0.3 is 15.0 Å². The normalized spacial score (nSPS) is 17.9. The van der Waals surface area contributed by atoms with Gasteiger partial charge in [-0.3, -0.25) is 14.4 Å². The Balaban J connectivity index is 2.00. The van der Waals surface area contributed by atoms with Crippen LogP contribution in [-0.2, 0) is 19.1 Å². The second-order valence-corrected chi connectivity index (χ2v) is 6.73. The first kappa shape index (κ1) is 19.9. The van der Waals surface area contributed by atoms with Gasteiger partial charge in [0.2, 0.25) is 5.91 Å². The Morgan fingerprint density at radius 2 is 2.04 bits per heavy atom. The molecule has 6 nitrogen and oxygen atoms in total. The highest BCUT2D eigenvalue weighted by atomic mass is 16.5. The van der Waals surface area contributed by atoms with E-state index in [1.54, 1.807) is 4.90 Å². The minimum Gasteiger partial charge on any atom is -0.455 e. The number of esters is 1. The molecule has 0 bridgehead atoms. The van der Waals surface area contributed by atoms with Gasteiger partial charge in [0, 0.05) is 25.2 Å². The van der Waals surface area contributed by atoms with Crippen molar-refractivity contribution >= 4 is 23.5 Å². The number of ether oxygens (including phenoxy) is 1. The molecule has 1 heterocycles. The summed E-state index contributed by atoms with van der Waals surface area (Å²) in [6, 6.07) is 7.82. The average Bonchev–Trinajstić information content (AvgIpc) is 3.05. The van der Waals surface area contributed by atoms with Crippen LogP contribution in [0.3, 0.4) is 0 Å². The molecule has 2 rings (SSSR count). The number of rotatable bonds is 8. The number of hydrogen-bond acceptors (Lipinski definition) is 4. The highest BCUT2D eigenvalue weighted by Gasteiger charge is 2.37. The summed E-state index contributed by atoms with van der Waals surface area (Å²) in [6.45, 7) is 6.73. The molecule has 0 saturated carbocycles. The van der Waals surface area contributed by atoms with Crippen LogP contribution in [0.5, 0.6) is 0 Å². The van der Waals surface area contributed by atoms with Crippen LogP contribution in [0.25, 0.3) is 0 Å². The van der Waals surface area contributed by atoms with Crippen molar-refractivity contribution in [3.8, 4) is 0 Å². The van der Waals surface area contributed by atoms with E-state index in [9.17, 15) is 14.4 Å². The van der Waals surface area contributed by atoms with Gasteiger partial charge >= 0.3 is 5.97 Å². The molecule has 1 aliphatic heterocycles. The molecule has 0 spiro atoms. The first-order valence-electron chi connectivity index (χ1n) is 9.30. The minimum absolute atomic E-state index is 0.0851. The first-order valence-corrected chi connectivity index (χ1v) is 9.30. The maximum atomic E-state index is 12.5. The predicted octanol–water partition coefficient (Wildman–Crippen LogP) is 2.62. The highest BCUT2D eigenvalue weighted by Crippen LogP contribution is 2.33. The number of benzene rings is 1. The van der Waals surface area contributed by atoms with Gasteiger partial charge in [-0.1, -0.05) is 39.0 Å². The van der Waals surface area contributed by atoms with E-state index in [1.807, 2.05) is 31.2 Å². The topological polar surface area (TPSA) is 75.7 Å². The van der Waals surface area contributed by atoms with Crippen molar-refractivity contribution in [2.45, 2.75) is 46.0 Å². The first-order chi connectivity index (χ1) is 12.5. The van der Waals surface area contributed by atoms with E-state index < -0.39 is 11.9 Å². The van der Waals surface area contributed by atoms with E-state index in [0.29, 0.717) is 19.0 Å². The maximum Gasteiger partial charge on any atom is 0.311 e. The number of amides is 2. The Labute approximate surface area is 154 Å². The van der Waals surface area contributed by atoms with Gasteiger partial charge in [0.25, 0.3) is 5.91 Å². The standard InChI is InChI=1S/C20H28N2O4/c1-4-10-21-18(23)13-26-20(25)15-11-19(24)22(12-15)17-9-7-6-8-16(17)14(3)5-2/h6-9,14-15H,4-5,10-13H2,1-3H3,(H,21,23)/t14-,15+/m1/s1. The molecule has 142 valence electrons. The Morgan fingerprint density at radius 3 is 2.73 bits per heavy atom. The summed E-state index contributed by atoms with van der Waals surface area (Å²) < 4.78 is 5.09. The van der Waals surface area contributed by atoms with Crippen LogP contribution in [0.4, 0.5) is 5.69 Å². The van der Waals surface area contributed by atoms with Gasteiger partial charge in [-0.15, -0.1) is 0 Å². The van der Waals surface area contributed by atoms with Crippen LogP contribution < -0.4 is 10.2 Å². The third-order valence-electron chi connectivity index (χ3n) is 4.75. The zero-order valence-electron chi connectivity index (χ0n) is 15.8. The molecule has 0 radical (unpaired) electrons. The number of nitrogens with one attached hydrogen (secondary N) is 1. The number of carbonyl (C=O) groups is 3. The maximum absolute atomic E-state index is 12.5. The van der Waals surface area contributed by atoms with Crippen LogP contribution >= 0.6 is 0 Å². The summed E-state index contributed by atoms with van der Waals surface area (Å²) in [7, 11) is 0. The molecule has 6 heteroatoms. The molecule has 1 saturated heterocycles. The quantitative estimate of drug-likeness (QED) is 0.723. The summed E-state index contributed by atoms with van der Waals surface area (Å²) >= 11 is 0. The Morgan fingerprint density at radius 1 is 1.31 bits per heavy atom. The van der Waals surface area contributed by atoms with Crippen molar-refractivity contribution in [2.75, 3.05) is 24.6 Å². The monoisotopic (exact) mass is 360 g/mol. The fourth-order valence-electron chi connectivity index (χ4n) is 3.04. The van der Waals surface area contributed by atoms with Crippen molar-refractivity contribution < 1.29 is 19.1 Å². The Bertz CT molecular complexity index is 659. The third kappa shape index (κ3) is 4.84. The zero-order chi connectivity index (χ0) is 19.1. The van der Waals surface area contributed by atoms with Crippen LogP contribution in [-0.4, -0.2) is 37.5 Å². The number of carbonyl (C=O) groups excluding carboxylic acids is 3. The summed E-state index contributed by atoms with van der Waals surface area (Å²) in [5.74, 6) is -1.10. The minimum atomic E-state index is -0.536. The summed E-state index contributed by atoms with van der Waals surface area (Å²) in [5, 5.41) is 2.65. The molecule has 0 unspecified atom stereocenters. The number of hydrogen-bond donors (Lipinski definition) is 1. The van der Waals surface area contributed by atoms with Crippen LogP contribution in [0.15, 0.2) is 24.3 Å². The highest BCUT2D eigenvalue weighted by molar-refractivity contribution is 6.00. The molecule has 1 aromatic rings. The van der Waals surface area contributed by atoms with E-state index >= 15 is 0 Å². The molecule has 1 aliphatic rings. The smallest absolute Gasteiger partial charge is 0.311 e. The molecule has 1 N–H and O–H groups in total. The molecule has 2 amide bonds. The molecule has 26 heavy (non-hydrogen) atoms. The number of nitrogens with zero attached hydrogens (tertiary/aromatic N) is 1. The molecule has 1 fully saturated rings. The molecular formula is C20H28N2O4. The summed E-state index contributed by atoms with van der Waals surface area (Å²) in [4.78, 5) is 37.9. The molecule has 0 aliphatic carbocycles. The molecular weight excluding hydrogens is 332 g/mol. The van der Waals surface area contributed by atoms with E-state index in [0.717, 1.165) is 24.1 Å². The van der Waals surface area contributed by atoms with Crippen molar-refractivity contribution in [1.29, 1.82) is 0 Å². The molecule has 1 aromatic carbocycles. The SMILES string of the molecule is CCCNC(=O)COC(=O)[C@H]1CC(=O)N(c2ccccc2[C@H](C)CC)C1. The van der Waals surface area contributed by atoms with Crippen LogP contribution in [0.2, 0.25) is 0 Å². The second kappa shape index (κ2) is 9.36. The predicted molar refractivity (Wildman–Crippen MR) is 99.9 cm³/mol. The lowest BCUT2D eigenvalue weighted by atomic mass is 9.96.